The second-order valence-electron chi connectivity index (χ2n) is 8.26. The summed E-state index contributed by atoms with van der Waals surface area (Å²) in [6, 6.07) is 16.0. The molecule has 1 aliphatic carbocycles. The Morgan fingerprint density at radius 2 is 1.84 bits per heavy atom. The fourth-order valence-corrected chi connectivity index (χ4v) is 4.41. The standard InChI is InChI=1S/C26H26N4O2/c1-32-22(31)16-13-17-11-14-19(15-12-17)27-26-24-23(20-9-5-6-10-21(20)28-26)29-25(30-24)18-7-3-2-4-8-18/h5-6,9-16,18H,2-4,7-8H2,1H3,(H,27,28)(H,29,30)/b16-13+. The molecule has 0 amide bonds. The van der Waals surface area contributed by atoms with Gasteiger partial charge in [0.05, 0.1) is 12.6 Å². The number of fused-ring (bicyclic) bond motifs is 3. The van der Waals surface area contributed by atoms with Gasteiger partial charge in [0.25, 0.3) is 0 Å². The monoisotopic (exact) mass is 426 g/mol. The highest BCUT2D eigenvalue weighted by atomic mass is 16.5. The summed E-state index contributed by atoms with van der Waals surface area (Å²) in [5.41, 5.74) is 4.66. The molecule has 1 saturated carbocycles. The molecule has 162 valence electrons. The molecule has 6 nitrogen and oxygen atoms in total. The van der Waals surface area contributed by atoms with Crippen LogP contribution in [0.3, 0.4) is 0 Å². The van der Waals surface area contributed by atoms with Crippen molar-refractivity contribution in [2.24, 2.45) is 0 Å². The van der Waals surface area contributed by atoms with E-state index in [0.717, 1.165) is 44.8 Å². The van der Waals surface area contributed by atoms with Gasteiger partial charge >= 0.3 is 5.97 Å². The minimum atomic E-state index is -0.372. The van der Waals surface area contributed by atoms with E-state index in [2.05, 4.69) is 21.1 Å². The van der Waals surface area contributed by atoms with Gasteiger partial charge in [-0.15, -0.1) is 0 Å². The Hall–Kier alpha value is -3.67. The number of ether oxygens (including phenoxy) is 1. The molecule has 2 N–H and O–H groups in total. The molecular weight excluding hydrogens is 400 g/mol. The minimum absolute atomic E-state index is 0.372. The van der Waals surface area contributed by atoms with Crippen LogP contribution in [0.15, 0.2) is 54.6 Å². The Balaban J connectivity index is 1.50. The first kappa shape index (κ1) is 20.2. The third kappa shape index (κ3) is 4.08. The van der Waals surface area contributed by atoms with Crippen LogP contribution in [0.2, 0.25) is 0 Å². The van der Waals surface area contributed by atoms with E-state index < -0.39 is 0 Å². The number of hydrogen-bond acceptors (Lipinski definition) is 5. The van der Waals surface area contributed by atoms with E-state index in [9.17, 15) is 4.79 Å². The molecule has 1 fully saturated rings. The van der Waals surface area contributed by atoms with E-state index in [1.165, 1.54) is 45.3 Å². The highest BCUT2D eigenvalue weighted by molar-refractivity contribution is 6.07. The number of para-hydroxylation sites is 1. The second-order valence-corrected chi connectivity index (χ2v) is 8.26. The summed E-state index contributed by atoms with van der Waals surface area (Å²) in [6.07, 6.45) is 9.37. The number of esters is 1. The van der Waals surface area contributed by atoms with E-state index >= 15 is 0 Å². The summed E-state index contributed by atoms with van der Waals surface area (Å²) in [7, 11) is 1.37. The molecule has 0 aliphatic heterocycles. The molecule has 2 heterocycles. The number of nitrogens with one attached hydrogen (secondary N) is 2. The van der Waals surface area contributed by atoms with Crippen LogP contribution in [0.4, 0.5) is 11.5 Å². The predicted octanol–water partition coefficient (Wildman–Crippen LogP) is 6.09. The molecule has 0 atom stereocenters. The highest BCUT2D eigenvalue weighted by Crippen LogP contribution is 2.35. The normalized spacial score (nSPS) is 14.9. The first-order valence-corrected chi connectivity index (χ1v) is 11.1. The van der Waals surface area contributed by atoms with Crippen molar-refractivity contribution >= 4 is 45.5 Å². The maximum Gasteiger partial charge on any atom is 0.330 e. The van der Waals surface area contributed by atoms with Crippen molar-refractivity contribution < 1.29 is 9.53 Å². The van der Waals surface area contributed by atoms with Crippen molar-refractivity contribution in [2.45, 2.75) is 38.0 Å². The smallest absolute Gasteiger partial charge is 0.330 e. The van der Waals surface area contributed by atoms with Crippen LogP contribution in [0.1, 0.15) is 49.4 Å². The molecular formula is C26H26N4O2. The molecule has 5 rings (SSSR count). The number of aromatic nitrogens is 3. The highest BCUT2D eigenvalue weighted by Gasteiger charge is 2.21. The number of rotatable bonds is 5. The minimum Gasteiger partial charge on any atom is -0.466 e. The Bertz CT molecular complexity index is 1280. The van der Waals surface area contributed by atoms with Gasteiger partial charge < -0.3 is 15.0 Å². The fourth-order valence-electron chi connectivity index (χ4n) is 4.41. The quantitative estimate of drug-likeness (QED) is 0.298. The van der Waals surface area contributed by atoms with E-state index in [1.807, 2.05) is 42.5 Å². The van der Waals surface area contributed by atoms with Crippen molar-refractivity contribution in [1.82, 2.24) is 15.0 Å². The van der Waals surface area contributed by atoms with Gasteiger partial charge in [-0.05, 0) is 42.7 Å². The molecule has 0 unspecified atom stereocenters. The molecule has 2 aromatic carbocycles. The lowest BCUT2D eigenvalue weighted by molar-refractivity contribution is -0.134. The molecule has 1 aliphatic rings. The third-order valence-corrected chi connectivity index (χ3v) is 6.13. The van der Waals surface area contributed by atoms with Gasteiger partial charge in [0.1, 0.15) is 16.9 Å². The van der Waals surface area contributed by atoms with E-state index in [0.29, 0.717) is 5.92 Å². The van der Waals surface area contributed by atoms with Crippen molar-refractivity contribution in [3.63, 3.8) is 0 Å². The van der Waals surface area contributed by atoms with Crippen molar-refractivity contribution in [3.05, 3.63) is 66.0 Å². The van der Waals surface area contributed by atoms with Gasteiger partial charge in [0, 0.05) is 23.1 Å². The summed E-state index contributed by atoms with van der Waals surface area (Å²) in [6.45, 7) is 0. The zero-order valence-electron chi connectivity index (χ0n) is 18.1. The van der Waals surface area contributed by atoms with Crippen LogP contribution in [0.5, 0.6) is 0 Å². The number of carbonyl (C=O) groups excluding carboxylic acids is 1. The number of pyridine rings is 1. The number of nitrogens with zero attached hydrogens (tertiary/aromatic N) is 2. The summed E-state index contributed by atoms with van der Waals surface area (Å²) < 4.78 is 4.64. The largest absolute Gasteiger partial charge is 0.466 e. The van der Waals surface area contributed by atoms with Crippen LogP contribution in [-0.4, -0.2) is 28.0 Å². The number of imidazole rings is 1. The van der Waals surface area contributed by atoms with Gasteiger partial charge in [-0.25, -0.2) is 14.8 Å². The van der Waals surface area contributed by atoms with E-state index in [4.69, 9.17) is 9.97 Å². The summed E-state index contributed by atoms with van der Waals surface area (Å²) in [5.74, 6) is 1.96. The van der Waals surface area contributed by atoms with Crippen molar-refractivity contribution in [2.75, 3.05) is 12.4 Å². The number of hydrogen-bond donors (Lipinski definition) is 2. The lowest BCUT2D eigenvalue weighted by atomic mass is 9.89. The summed E-state index contributed by atoms with van der Waals surface area (Å²) >= 11 is 0. The molecule has 2 aromatic heterocycles. The zero-order chi connectivity index (χ0) is 21.9. The van der Waals surface area contributed by atoms with Crippen molar-refractivity contribution in [1.29, 1.82) is 0 Å². The van der Waals surface area contributed by atoms with Gasteiger partial charge in [0.2, 0.25) is 0 Å². The number of anilines is 2. The molecule has 0 radical (unpaired) electrons. The average molecular weight is 427 g/mol. The van der Waals surface area contributed by atoms with Crippen LogP contribution >= 0.6 is 0 Å². The predicted molar refractivity (Wildman–Crippen MR) is 128 cm³/mol. The second kappa shape index (κ2) is 8.83. The lowest BCUT2D eigenvalue weighted by Gasteiger charge is -2.19. The SMILES string of the molecule is COC(=O)/C=C/c1ccc(Nc2nc3ccccc3c3nc(C4CCCCC4)[nH]c23)cc1. The Labute approximate surface area is 186 Å². The molecule has 6 heteroatoms. The number of methoxy groups -OCH3 is 1. The van der Waals surface area contributed by atoms with Crippen LogP contribution < -0.4 is 5.32 Å². The van der Waals surface area contributed by atoms with Crippen LogP contribution in [-0.2, 0) is 9.53 Å². The molecule has 32 heavy (non-hydrogen) atoms. The topological polar surface area (TPSA) is 79.9 Å². The summed E-state index contributed by atoms with van der Waals surface area (Å²) in [5, 5.41) is 4.52. The fraction of sp³-hybridized carbons (Fsp3) is 0.269. The van der Waals surface area contributed by atoms with Gasteiger partial charge in [-0.2, -0.15) is 0 Å². The number of benzene rings is 2. The molecule has 0 spiro atoms. The third-order valence-electron chi connectivity index (χ3n) is 6.13. The first-order chi connectivity index (χ1) is 15.7. The van der Waals surface area contributed by atoms with Crippen LogP contribution in [0.25, 0.3) is 28.0 Å². The molecule has 0 saturated heterocycles. The number of aromatic amines is 1. The lowest BCUT2D eigenvalue weighted by Crippen LogP contribution is -2.06. The maximum atomic E-state index is 11.3. The molecule has 0 bridgehead atoms. The van der Waals surface area contributed by atoms with Crippen molar-refractivity contribution in [3.8, 4) is 0 Å². The average Bonchev–Trinajstić information content (AvgIpc) is 3.30. The summed E-state index contributed by atoms with van der Waals surface area (Å²) in [4.78, 5) is 24.8. The van der Waals surface area contributed by atoms with E-state index in [1.54, 1.807) is 6.08 Å². The molecule has 4 aromatic rings. The zero-order valence-corrected chi connectivity index (χ0v) is 18.1. The van der Waals surface area contributed by atoms with Gasteiger partial charge in [-0.1, -0.05) is 49.6 Å². The van der Waals surface area contributed by atoms with E-state index in [-0.39, 0.29) is 5.97 Å². The first-order valence-electron chi connectivity index (χ1n) is 11.1. The Morgan fingerprint density at radius 3 is 2.62 bits per heavy atom. The van der Waals surface area contributed by atoms with Gasteiger partial charge in [-0.3, -0.25) is 0 Å². The van der Waals surface area contributed by atoms with Crippen LogP contribution in [0, 0.1) is 0 Å². The maximum absolute atomic E-state index is 11.3. The number of carbonyl (C=O) groups is 1. The Kier molecular flexibility index (Phi) is 5.58. The Morgan fingerprint density at radius 1 is 1.06 bits per heavy atom. The number of H-pyrrole nitrogens is 1. The van der Waals surface area contributed by atoms with Gasteiger partial charge in [0.15, 0.2) is 5.82 Å².